The molecule has 1 aliphatic heterocycles. The standard InChI is InChI=1S/C22H24N2O2/c25-22(24-13-7-2-8-14-24)21(17-9-3-1-4-10-17)23-16-19-15-18-11-5-6-12-20(18)26-19/h1,3-6,9-12,15,21,23H,2,7-8,13-14,16H2. The van der Waals surface area contributed by atoms with Crippen molar-refractivity contribution in [3.8, 4) is 0 Å². The number of nitrogens with zero attached hydrogens (tertiary/aromatic N) is 1. The topological polar surface area (TPSA) is 45.5 Å². The van der Waals surface area contributed by atoms with E-state index >= 15 is 0 Å². The van der Waals surface area contributed by atoms with Crippen LogP contribution in [-0.4, -0.2) is 23.9 Å². The number of rotatable bonds is 5. The van der Waals surface area contributed by atoms with Crippen LogP contribution in [0.25, 0.3) is 11.0 Å². The van der Waals surface area contributed by atoms with E-state index in [4.69, 9.17) is 4.42 Å². The van der Waals surface area contributed by atoms with Crippen molar-refractivity contribution in [1.82, 2.24) is 10.2 Å². The van der Waals surface area contributed by atoms with Crippen LogP contribution < -0.4 is 5.32 Å². The normalized spacial score (nSPS) is 15.9. The SMILES string of the molecule is O=C(C(NCc1cc2ccccc2o1)c1ccccc1)N1CCCCC1. The van der Waals surface area contributed by atoms with Gasteiger partial charge in [-0.15, -0.1) is 0 Å². The van der Waals surface area contributed by atoms with Crippen LogP contribution in [0.15, 0.2) is 65.1 Å². The Morgan fingerprint density at radius 2 is 1.73 bits per heavy atom. The number of para-hydroxylation sites is 1. The summed E-state index contributed by atoms with van der Waals surface area (Å²) in [6.45, 7) is 2.23. The zero-order valence-corrected chi connectivity index (χ0v) is 14.9. The molecule has 0 bridgehead atoms. The quantitative estimate of drug-likeness (QED) is 0.749. The average Bonchev–Trinajstić information content (AvgIpc) is 3.12. The van der Waals surface area contributed by atoms with E-state index in [2.05, 4.69) is 5.32 Å². The van der Waals surface area contributed by atoms with Gasteiger partial charge in [-0.05, 0) is 37.0 Å². The molecule has 2 heterocycles. The summed E-state index contributed by atoms with van der Waals surface area (Å²) in [6.07, 6.45) is 3.40. The summed E-state index contributed by atoms with van der Waals surface area (Å²) in [6, 6.07) is 19.6. The second kappa shape index (κ2) is 7.75. The van der Waals surface area contributed by atoms with E-state index in [0.29, 0.717) is 6.54 Å². The Morgan fingerprint density at radius 3 is 2.50 bits per heavy atom. The third kappa shape index (κ3) is 3.65. The van der Waals surface area contributed by atoms with Crippen molar-refractivity contribution < 1.29 is 9.21 Å². The molecule has 3 aromatic rings. The average molecular weight is 348 g/mol. The van der Waals surface area contributed by atoms with Crippen molar-refractivity contribution in [3.05, 3.63) is 72.0 Å². The molecule has 0 spiro atoms. The number of carbonyl (C=O) groups is 1. The molecule has 1 saturated heterocycles. The minimum absolute atomic E-state index is 0.159. The third-order valence-corrected chi connectivity index (χ3v) is 5.00. The van der Waals surface area contributed by atoms with E-state index in [1.165, 1.54) is 6.42 Å². The van der Waals surface area contributed by atoms with Crippen molar-refractivity contribution in [2.75, 3.05) is 13.1 Å². The van der Waals surface area contributed by atoms with Gasteiger partial charge in [0.25, 0.3) is 0 Å². The molecular formula is C22H24N2O2. The highest BCUT2D eigenvalue weighted by atomic mass is 16.3. The molecule has 2 aromatic carbocycles. The maximum Gasteiger partial charge on any atom is 0.244 e. The number of hydrogen-bond acceptors (Lipinski definition) is 3. The van der Waals surface area contributed by atoms with Crippen LogP contribution in [0, 0.1) is 0 Å². The second-order valence-electron chi connectivity index (χ2n) is 6.86. The number of piperidine rings is 1. The second-order valence-corrected chi connectivity index (χ2v) is 6.86. The molecule has 4 heteroatoms. The van der Waals surface area contributed by atoms with Gasteiger partial charge >= 0.3 is 0 Å². The molecule has 0 saturated carbocycles. The molecular weight excluding hydrogens is 324 g/mol. The predicted molar refractivity (Wildman–Crippen MR) is 103 cm³/mol. The van der Waals surface area contributed by atoms with Gasteiger partial charge < -0.3 is 9.32 Å². The number of furan rings is 1. The molecule has 1 N–H and O–H groups in total. The zero-order valence-electron chi connectivity index (χ0n) is 14.9. The lowest BCUT2D eigenvalue weighted by Gasteiger charge is -2.31. The number of fused-ring (bicyclic) bond motifs is 1. The van der Waals surface area contributed by atoms with Gasteiger partial charge in [-0.3, -0.25) is 10.1 Å². The fourth-order valence-electron chi connectivity index (χ4n) is 3.62. The predicted octanol–water partition coefficient (Wildman–Crippen LogP) is 4.28. The maximum absolute atomic E-state index is 13.1. The number of amides is 1. The Morgan fingerprint density at radius 1 is 1.00 bits per heavy atom. The fourth-order valence-corrected chi connectivity index (χ4v) is 3.62. The minimum atomic E-state index is -0.345. The Hall–Kier alpha value is -2.59. The van der Waals surface area contributed by atoms with Crippen molar-refractivity contribution in [1.29, 1.82) is 0 Å². The molecule has 4 nitrogen and oxygen atoms in total. The first-order valence-corrected chi connectivity index (χ1v) is 9.36. The molecule has 1 amide bonds. The Kier molecular flexibility index (Phi) is 5.02. The van der Waals surface area contributed by atoms with Crippen LogP contribution in [-0.2, 0) is 11.3 Å². The zero-order chi connectivity index (χ0) is 17.8. The summed E-state index contributed by atoms with van der Waals surface area (Å²) >= 11 is 0. The summed E-state index contributed by atoms with van der Waals surface area (Å²) in [4.78, 5) is 15.1. The lowest BCUT2D eigenvalue weighted by atomic mass is 10.0. The van der Waals surface area contributed by atoms with Crippen LogP contribution in [0.1, 0.15) is 36.6 Å². The first-order valence-electron chi connectivity index (χ1n) is 9.36. The van der Waals surface area contributed by atoms with E-state index < -0.39 is 0 Å². The maximum atomic E-state index is 13.1. The van der Waals surface area contributed by atoms with Gasteiger partial charge in [0.1, 0.15) is 17.4 Å². The van der Waals surface area contributed by atoms with Crippen LogP contribution in [0.5, 0.6) is 0 Å². The molecule has 1 aromatic heterocycles. The summed E-state index contributed by atoms with van der Waals surface area (Å²) < 4.78 is 5.89. The molecule has 134 valence electrons. The summed E-state index contributed by atoms with van der Waals surface area (Å²) in [5, 5.41) is 4.51. The smallest absolute Gasteiger partial charge is 0.244 e. The van der Waals surface area contributed by atoms with Crippen molar-refractivity contribution in [3.63, 3.8) is 0 Å². The largest absolute Gasteiger partial charge is 0.460 e. The molecule has 1 aliphatic rings. The number of carbonyl (C=O) groups excluding carboxylic acids is 1. The monoisotopic (exact) mass is 348 g/mol. The molecule has 1 fully saturated rings. The van der Waals surface area contributed by atoms with Gasteiger partial charge in [-0.25, -0.2) is 0 Å². The van der Waals surface area contributed by atoms with Gasteiger partial charge in [-0.1, -0.05) is 48.5 Å². The van der Waals surface area contributed by atoms with E-state index in [-0.39, 0.29) is 11.9 Å². The fraction of sp³-hybridized carbons (Fsp3) is 0.318. The Labute approximate surface area is 153 Å². The highest BCUT2D eigenvalue weighted by Crippen LogP contribution is 2.22. The van der Waals surface area contributed by atoms with Crippen LogP contribution in [0.2, 0.25) is 0 Å². The van der Waals surface area contributed by atoms with Gasteiger partial charge in [0.05, 0.1) is 6.54 Å². The van der Waals surface area contributed by atoms with Gasteiger partial charge in [-0.2, -0.15) is 0 Å². The molecule has 0 aliphatic carbocycles. The van der Waals surface area contributed by atoms with E-state index in [1.54, 1.807) is 0 Å². The summed E-state index contributed by atoms with van der Waals surface area (Å²) in [5.41, 5.74) is 1.88. The van der Waals surface area contributed by atoms with Crippen molar-refractivity contribution in [2.24, 2.45) is 0 Å². The number of likely N-dealkylation sites (tertiary alicyclic amines) is 1. The Balaban J connectivity index is 1.53. The summed E-state index contributed by atoms with van der Waals surface area (Å²) in [7, 11) is 0. The Bertz CT molecular complexity index is 833. The van der Waals surface area contributed by atoms with Gasteiger partial charge in [0, 0.05) is 18.5 Å². The lowest BCUT2D eigenvalue weighted by molar-refractivity contribution is -0.134. The number of nitrogens with one attached hydrogen (secondary N) is 1. The lowest BCUT2D eigenvalue weighted by Crippen LogP contribution is -2.43. The van der Waals surface area contributed by atoms with Crippen molar-refractivity contribution >= 4 is 16.9 Å². The highest BCUT2D eigenvalue weighted by molar-refractivity contribution is 5.83. The van der Waals surface area contributed by atoms with E-state index in [9.17, 15) is 4.79 Å². The van der Waals surface area contributed by atoms with Crippen LogP contribution in [0.4, 0.5) is 0 Å². The molecule has 4 rings (SSSR count). The first-order chi connectivity index (χ1) is 12.8. The van der Waals surface area contributed by atoms with Gasteiger partial charge in [0.2, 0.25) is 5.91 Å². The van der Waals surface area contributed by atoms with E-state index in [1.807, 2.05) is 65.6 Å². The first kappa shape index (κ1) is 16.9. The van der Waals surface area contributed by atoms with Crippen molar-refractivity contribution in [2.45, 2.75) is 31.8 Å². The third-order valence-electron chi connectivity index (χ3n) is 5.00. The van der Waals surface area contributed by atoms with Gasteiger partial charge in [0.15, 0.2) is 0 Å². The molecule has 1 atom stereocenters. The minimum Gasteiger partial charge on any atom is -0.460 e. The van der Waals surface area contributed by atoms with Crippen LogP contribution in [0.3, 0.4) is 0 Å². The van der Waals surface area contributed by atoms with Crippen LogP contribution >= 0.6 is 0 Å². The highest BCUT2D eigenvalue weighted by Gasteiger charge is 2.26. The number of benzene rings is 2. The molecule has 1 unspecified atom stereocenters. The summed E-state index contributed by atoms with van der Waals surface area (Å²) in [5.74, 6) is 1.01. The molecule has 26 heavy (non-hydrogen) atoms. The molecule has 0 radical (unpaired) electrons. The van der Waals surface area contributed by atoms with E-state index in [0.717, 1.165) is 48.2 Å². The number of hydrogen-bond donors (Lipinski definition) is 1.